The summed E-state index contributed by atoms with van der Waals surface area (Å²) in [4.78, 5) is 42.0. The van der Waals surface area contributed by atoms with Crippen molar-refractivity contribution in [3.05, 3.63) is 94.3 Å². The smallest absolute Gasteiger partial charge is 0.326 e. The van der Waals surface area contributed by atoms with E-state index >= 15 is 0 Å². The summed E-state index contributed by atoms with van der Waals surface area (Å²) in [7, 11) is 0. The van der Waals surface area contributed by atoms with Gasteiger partial charge in [-0.05, 0) is 55.8 Å². The van der Waals surface area contributed by atoms with Crippen LogP contribution in [-0.2, 0) is 4.79 Å². The fraction of sp³-hybridized carbons (Fsp3) is 0.154. The van der Waals surface area contributed by atoms with E-state index in [2.05, 4.69) is 10.3 Å². The fourth-order valence-corrected chi connectivity index (χ4v) is 4.65. The molecule has 1 heterocycles. The molecular weight excluding hydrogens is 450 g/mol. The summed E-state index contributed by atoms with van der Waals surface area (Å²) in [5.74, 6) is -1.74. The van der Waals surface area contributed by atoms with Gasteiger partial charge in [-0.3, -0.25) is 9.59 Å². The molecule has 3 aromatic carbocycles. The van der Waals surface area contributed by atoms with E-state index < -0.39 is 17.9 Å². The fourth-order valence-electron chi connectivity index (χ4n) is 3.61. The second kappa shape index (κ2) is 9.84. The summed E-state index contributed by atoms with van der Waals surface area (Å²) < 4.78 is 2.32. The minimum atomic E-state index is -1.02. The number of anilines is 1. The Balaban J connectivity index is 1.81. The Bertz CT molecular complexity index is 1440. The van der Waals surface area contributed by atoms with E-state index in [1.165, 1.54) is 11.3 Å². The summed E-state index contributed by atoms with van der Waals surface area (Å²) in [6, 6.07) is 20.2. The lowest BCUT2D eigenvalue weighted by Gasteiger charge is -2.14. The van der Waals surface area contributed by atoms with Crippen LogP contribution in [0.1, 0.15) is 45.7 Å². The van der Waals surface area contributed by atoms with Gasteiger partial charge >= 0.3 is 5.97 Å². The van der Waals surface area contributed by atoms with Gasteiger partial charge in [-0.1, -0.05) is 54.2 Å². The predicted molar refractivity (Wildman–Crippen MR) is 132 cm³/mol. The SMILES string of the molecule is CCC(C(=O)O)n1/c(=N/C(=O)c2ccc(C)cc2)sc2ccc(NC(=O)c3ccccc3)cc21. The van der Waals surface area contributed by atoms with Crippen LogP contribution >= 0.6 is 11.3 Å². The molecule has 0 fully saturated rings. The van der Waals surface area contributed by atoms with Gasteiger partial charge in [0.25, 0.3) is 11.8 Å². The van der Waals surface area contributed by atoms with Crippen LogP contribution in [0.25, 0.3) is 10.2 Å². The van der Waals surface area contributed by atoms with E-state index in [1.54, 1.807) is 66.1 Å². The van der Waals surface area contributed by atoms with E-state index in [-0.39, 0.29) is 5.91 Å². The Hall–Kier alpha value is -4.04. The number of carbonyl (C=O) groups is 3. The van der Waals surface area contributed by atoms with Gasteiger partial charge in [0.2, 0.25) is 0 Å². The molecule has 4 rings (SSSR count). The van der Waals surface area contributed by atoms with Gasteiger partial charge in [0.1, 0.15) is 6.04 Å². The number of carboxylic acids is 1. The van der Waals surface area contributed by atoms with Crippen LogP contribution in [-0.4, -0.2) is 27.5 Å². The molecule has 2 amide bonds. The van der Waals surface area contributed by atoms with Crippen LogP contribution < -0.4 is 10.1 Å². The van der Waals surface area contributed by atoms with E-state index in [9.17, 15) is 19.5 Å². The summed E-state index contributed by atoms with van der Waals surface area (Å²) >= 11 is 1.23. The Kier molecular flexibility index (Phi) is 6.70. The number of aromatic nitrogens is 1. The Labute approximate surface area is 200 Å². The minimum Gasteiger partial charge on any atom is -0.480 e. The first-order valence-corrected chi connectivity index (χ1v) is 11.6. The number of thiazole rings is 1. The Morgan fingerprint density at radius 1 is 1.00 bits per heavy atom. The van der Waals surface area contributed by atoms with Gasteiger partial charge in [-0.2, -0.15) is 4.99 Å². The molecule has 34 heavy (non-hydrogen) atoms. The number of nitrogens with one attached hydrogen (secondary N) is 1. The van der Waals surface area contributed by atoms with Gasteiger partial charge in [0.05, 0.1) is 10.2 Å². The van der Waals surface area contributed by atoms with Crippen molar-refractivity contribution in [3.8, 4) is 0 Å². The third-order valence-electron chi connectivity index (χ3n) is 5.40. The number of rotatable bonds is 6. The molecule has 0 aliphatic heterocycles. The number of aliphatic carboxylic acids is 1. The van der Waals surface area contributed by atoms with E-state index in [0.717, 1.165) is 10.3 Å². The van der Waals surface area contributed by atoms with Crippen molar-refractivity contribution in [2.24, 2.45) is 4.99 Å². The lowest BCUT2D eigenvalue weighted by atomic mass is 10.1. The molecular formula is C26H23N3O4S. The maximum atomic E-state index is 12.8. The Morgan fingerprint density at radius 3 is 2.35 bits per heavy atom. The highest BCUT2D eigenvalue weighted by Crippen LogP contribution is 2.26. The number of carboxylic acid groups (broad SMARTS) is 1. The average molecular weight is 474 g/mol. The van der Waals surface area contributed by atoms with E-state index in [1.807, 2.05) is 25.1 Å². The number of benzene rings is 3. The summed E-state index contributed by atoms with van der Waals surface area (Å²) in [6.45, 7) is 3.69. The molecule has 2 N–H and O–H groups in total. The zero-order valence-electron chi connectivity index (χ0n) is 18.7. The van der Waals surface area contributed by atoms with E-state index in [0.29, 0.717) is 33.6 Å². The third-order valence-corrected chi connectivity index (χ3v) is 6.43. The highest BCUT2D eigenvalue weighted by Gasteiger charge is 2.22. The standard InChI is InChI=1S/C26H23N3O4S/c1-3-20(25(32)33)29-21-15-19(27-23(30)17-7-5-4-6-8-17)13-14-22(21)34-26(29)28-24(31)18-11-9-16(2)10-12-18/h4-15,20H,3H2,1-2H3,(H,27,30)(H,32,33)/b28-26-. The van der Waals surface area contributed by atoms with E-state index in [4.69, 9.17) is 0 Å². The molecule has 0 saturated carbocycles. The number of hydrogen-bond acceptors (Lipinski definition) is 4. The molecule has 0 aliphatic carbocycles. The predicted octanol–water partition coefficient (Wildman–Crippen LogP) is 5.04. The zero-order chi connectivity index (χ0) is 24.2. The summed E-state index contributed by atoms with van der Waals surface area (Å²) in [5, 5.41) is 12.7. The molecule has 0 bridgehead atoms. The average Bonchev–Trinajstić information content (AvgIpc) is 3.17. The molecule has 0 saturated heterocycles. The molecule has 0 aliphatic rings. The highest BCUT2D eigenvalue weighted by atomic mass is 32.1. The molecule has 1 atom stereocenters. The highest BCUT2D eigenvalue weighted by molar-refractivity contribution is 7.16. The minimum absolute atomic E-state index is 0.272. The normalized spacial score (nSPS) is 12.5. The number of amides is 2. The zero-order valence-corrected chi connectivity index (χ0v) is 19.5. The van der Waals surface area contributed by atoms with Crippen molar-refractivity contribution in [1.82, 2.24) is 4.57 Å². The van der Waals surface area contributed by atoms with Gasteiger partial charge in [0.15, 0.2) is 4.80 Å². The molecule has 0 radical (unpaired) electrons. The topological polar surface area (TPSA) is 101 Å². The number of carbonyl (C=O) groups excluding carboxylic acids is 2. The maximum absolute atomic E-state index is 12.8. The summed E-state index contributed by atoms with van der Waals surface area (Å²) in [6.07, 6.45) is 0.299. The third kappa shape index (κ3) is 4.82. The largest absolute Gasteiger partial charge is 0.480 e. The molecule has 1 aromatic heterocycles. The molecule has 172 valence electrons. The number of nitrogens with zero attached hydrogens (tertiary/aromatic N) is 2. The van der Waals surface area contributed by atoms with Crippen LogP contribution in [0.5, 0.6) is 0 Å². The first-order valence-electron chi connectivity index (χ1n) is 10.8. The van der Waals surface area contributed by atoms with Gasteiger partial charge in [0, 0.05) is 16.8 Å². The van der Waals surface area contributed by atoms with Crippen LogP contribution in [0.2, 0.25) is 0 Å². The molecule has 1 unspecified atom stereocenters. The van der Waals surface area contributed by atoms with Crippen molar-refractivity contribution >= 4 is 45.0 Å². The molecule has 0 spiro atoms. The first kappa shape index (κ1) is 23.1. The van der Waals surface area contributed by atoms with Crippen LogP contribution in [0, 0.1) is 6.92 Å². The van der Waals surface area contributed by atoms with Gasteiger partial charge < -0.3 is 15.0 Å². The quantitative estimate of drug-likeness (QED) is 0.410. The van der Waals surface area contributed by atoms with Crippen LogP contribution in [0.3, 0.4) is 0 Å². The first-order chi connectivity index (χ1) is 16.4. The molecule has 4 aromatic rings. The van der Waals surface area contributed by atoms with Crippen LogP contribution in [0.4, 0.5) is 5.69 Å². The van der Waals surface area contributed by atoms with Crippen molar-refractivity contribution < 1.29 is 19.5 Å². The van der Waals surface area contributed by atoms with Crippen molar-refractivity contribution in [2.45, 2.75) is 26.3 Å². The lowest BCUT2D eigenvalue weighted by molar-refractivity contribution is -0.140. The lowest BCUT2D eigenvalue weighted by Crippen LogP contribution is -2.27. The number of hydrogen-bond donors (Lipinski definition) is 2. The Morgan fingerprint density at radius 2 is 1.71 bits per heavy atom. The second-order valence-electron chi connectivity index (χ2n) is 7.80. The van der Waals surface area contributed by atoms with Gasteiger partial charge in [-0.15, -0.1) is 0 Å². The van der Waals surface area contributed by atoms with Crippen molar-refractivity contribution in [3.63, 3.8) is 0 Å². The number of aryl methyl sites for hydroxylation is 1. The summed E-state index contributed by atoms with van der Waals surface area (Å²) in [5.41, 5.74) is 3.06. The molecule has 7 nitrogen and oxygen atoms in total. The maximum Gasteiger partial charge on any atom is 0.326 e. The second-order valence-corrected chi connectivity index (χ2v) is 8.81. The van der Waals surface area contributed by atoms with Crippen molar-refractivity contribution in [1.29, 1.82) is 0 Å². The van der Waals surface area contributed by atoms with Crippen LogP contribution in [0.15, 0.2) is 77.8 Å². The monoisotopic (exact) mass is 473 g/mol. The van der Waals surface area contributed by atoms with Crippen molar-refractivity contribution in [2.75, 3.05) is 5.32 Å². The number of fused-ring (bicyclic) bond motifs is 1. The van der Waals surface area contributed by atoms with Gasteiger partial charge in [-0.25, -0.2) is 4.79 Å². The molecule has 8 heteroatoms.